The third-order valence-electron chi connectivity index (χ3n) is 10.6. The number of nitrogens with zero attached hydrogens (tertiary/aromatic N) is 5. The molecule has 6 aromatic rings. The number of pyridine rings is 1. The molecule has 0 saturated heterocycles. The third-order valence-corrected chi connectivity index (χ3v) is 17.3. The first-order valence-corrected chi connectivity index (χ1v) is 24.7. The van der Waals surface area contributed by atoms with Crippen LogP contribution < -0.4 is 26.1 Å². The number of imidazole rings is 1. The number of rotatable bonds is 13. The molecule has 7 rings (SSSR count). The fraction of sp³-hybridized carbons (Fsp3) is 0.349. The van der Waals surface area contributed by atoms with Crippen molar-refractivity contribution >= 4 is 49.6 Å². The Morgan fingerprint density at radius 2 is 1.49 bits per heavy atom. The van der Waals surface area contributed by atoms with Crippen LogP contribution in [0.1, 0.15) is 56.9 Å². The van der Waals surface area contributed by atoms with Crippen molar-refractivity contribution in [2.45, 2.75) is 83.2 Å². The van der Waals surface area contributed by atoms with Crippen LogP contribution in [0.4, 0.5) is 11.6 Å². The summed E-state index contributed by atoms with van der Waals surface area (Å²) in [6.45, 7) is 14.6. The Hall–Kier alpha value is -4.89. The summed E-state index contributed by atoms with van der Waals surface area (Å²) in [7, 11) is -2.63. The Morgan fingerprint density at radius 3 is 2.13 bits per heavy atom. The molecule has 0 aliphatic heterocycles. The summed E-state index contributed by atoms with van der Waals surface area (Å²) in [5.41, 5.74) is 3.74. The van der Waals surface area contributed by atoms with Crippen molar-refractivity contribution < 1.29 is 13.9 Å². The normalized spacial score (nSPS) is 16.2. The fourth-order valence-corrected chi connectivity index (χ4v) is 13.3. The minimum absolute atomic E-state index is 0.118. The quantitative estimate of drug-likeness (QED) is 0.0930. The van der Waals surface area contributed by atoms with Gasteiger partial charge in [0.15, 0.2) is 5.65 Å². The van der Waals surface area contributed by atoms with Crippen LogP contribution in [0.15, 0.2) is 114 Å². The first kappa shape index (κ1) is 38.4. The molecular weight excluding hydrogens is 721 g/mol. The molecule has 3 heterocycles. The Morgan fingerprint density at radius 1 is 0.836 bits per heavy atom. The summed E-state index contributed by atoms with van der Waals surface area (Å²) >= 11 is 0. The average Bonchev–Trinajstić information content (AvgIpc) is 3.45. The van der Waals surface area contributed by atoms with Crippen LogP contribution in [0.2, 0.25) is 30.7 Å². The van der Waals surface area contributed by atoms with Crippen LogP contribution >= 0.6 is 0 Å². The van der Waals surface area contributed by atoms with Gasteiger partial charge in [-0.25, -0.2) is 14.8 Å². The lowest BCUT2D eigenvalue weighted by atomic mass is 9.85. The predicted molar refractivity (Wildman–Crippen MR) is 225 cm³/mol. The van der Waals surface area contributed by atoms with Gasteiger partial charge in [0.1, 0.15) is 17.9 Å². The summed E-state index contributed by atoms with van der Waals surface area (Å²) in [4.78, 5) is 28.6. The van der Waals surface area contributed by atoms with Gasteiger partial charge in [0.25, 0.3) is 8.32 Å². The molecule has 3 aromatic heterocycles. The van der Waals surface area contributed by atoms with E-state index in [0.717, 1.165) is 23.6 Å². The second-order valence-electron chi connectivity index (χ2n) is 16.5. The summed E-state index contributed by atoms with van der Waals surface area (Å²) in [6, 6.07) is 34.4. The number of hydrogen-bond acceptors (Lipinski definition) is 8. The van der Waals surface area contributed by atoms with Gasteiger partial charge in [0.05, 0.1) is 25.5 Å². The van der Waals surface area contributed by atoms with Crippen molar-refractivity contribution in [1.29, 1.82) is 0 Å². The Kier molecular flexibility index (Phi) is 11.0. The zero-order valence-corrected chi connectivity index (χ0v) is 35.0. The number of anilines is 2. The van der Waals surface area contributed by atoms with Gasteiger partial charge in [-0.2, -0.15) is 4.98 Å². The second-order valence-corrected chi connectivity index (χ2v) is 26.4. The van der Waals surface area contributed by atoms with E-state index in [9.17, 15) is 4.79 Å². The van der Waals surface area contributed by atoms with Crippen LogP contribution in [0.25, 0.3) is 11.2 Å². The van der Waals surface area contributed by atoms with Gasteiger partial charge in [0, 0.05) is 20.9 Å². The van der Waals surface area contributed by atoms with Gasteiger partial charge in [-0.15, -0.1) is 0 Å². The van der Waals surface area contributed by atoms with Gasteiger partial charge < -0.3 is 19.2 Å². The molecule has 10 nitrogen and oxygen atoms in total. The molecule has 1 aliphatic rings. The van der Waals surface area contributed by atoms with Gasteiger partial charge in [-0.3, -0.25) is 9.13 Å². The molecule has 55 heavy (non-hydrogen) atoms. The summed E-state index contributed by atoms with van der Waals surface area (Å²) < 4.78 is 22.9. The van der Waals surface area contributed by atoms with Crippen molar-refractivity contribution in [2.24, 2.45) is 0 Å². The maximum atomic E-state index is 14.7. The van der Waals surface area contributed by atoms with Crippen molar-refractivity contribution in [3.05, 3.63) is 131 Å². The molecule has 0 fully saturated rings. The molecule has 0 bridgehead atoms. The maximum absolute atomic E-state index is 14.7. The Balaban J connectivity index is 1.32. The summed E-state index contributed by atoms with van der Waals surface area (Å²) in [5.74, 6) is 0.756. The number of methoxy groups -OCH3 is 1. The van der Waals surface area contributed by atoms with Gasteiger partial charge >= 0.3 is 5.69 Å². The lowest BCUT2D eigenvalue weighted by Crippen LogP contribution is -2.67. The summed E-state index contributed by atoms with van der Waals surface area (Å²) in [6.07, 6.45) is 4.59. The lowest BCUT2D eigenvalue weighted by Gasteiger charge is -2.46. The lowest BCUT2D eigenvalue weighted by molar-refractivity contribution is 0.0867. The zero-order valence-electron chi connectivity index (χ0n) is 33.0. The topological polar surface area (TPSA) is 105 Å². The Bertz CT molecular complexity index is 2260. The van der Waals surface area contributed by atoms with Crippen LogP contribution in [0.5, 0.6) is 5.88 Å². The van der Waals surface area contributed by atoms with E-state index in [1.54, 1.807) is 24.1 Å². The molecule has 0 saturated carbocycles. The summed E-state index contributed by atoms with van der Waals surface area (Å²) in [5, 5.41) is 5.56. The monoisotopic (exact) mass is 772 g/mol. The van der Waals surface area contributed by atoms with E-state index in [0.29, 0.717) is 41.7 Å². The van der Waals surface area contributed by atoms with Crippen LogP contribution in [0, 0.1) is 0 Å². The molecule has 0 unspecified atom stereocenters. The highest BCUT2D eigenvalue weighted by Gasteiger charge is 2.52. The molecule has 1 N–H and O–H groups in total. The van der Waals surface area contributed by atoms with Crippen molar-refractivity contribution in [3.8, 4) is 5.88 Å². The number of fused-ring (bicyclic) bond motifs is 2. The number of ether oxygens (including phenoxy) is 2. The molecule has 0 spiro atoms. The number of benzene rings is 3. The Labute approximate surface area is 325 Å². The molecule has 0 radical (unpaired) electrons. The van der Waals surface area contributed by atoms with E-state index in [1.165, 1.54) is 10.4 Å². The predicted octanol–water partition coefficient (Wildman–Crippen LogP) is 8.05. The molecule has 1 aliphatic carbocycles. The highest BCUT2D eigenvalue weighted by Crippen LogP contribution is 2.46. The average molecular weight is 773 g/mol. The first-order valence-electron chi connectivity index (χ1n) is 19.1. The minimum atomic E-state index is -2.87. The highest BCUT2D eigenvalue weighted by molar-refractivity contribution is 6.99. The third kappa shape index (κ3) is 7.68. The van der Waals surface area contributed by atoms with Crippen LogP contribution in [-0.4, -0.2) is 54.2 Å². The standard InChI is InChI=1S/C43H52N6O4Si2/c1-43(2,3)55(31-17-10-8-11-18-31,32-19-12-9-13-20-32)53-38-25-24-36(33-21-14-15-22-34(33)38)49-39-37(48(42(49)50)30-52-27-28-54(5,6)7)29-45-41(47-39)46-35-23-16-26-44-40(35)51-4/h8-23,26,29,36,38H,24-25,27-28,30H2,1-7H3,(H,45,46,47)/t36-,38-/m1/s1. The number of nitrogens with one attached hydrogen (secondary N) is 1. The van der Waals surface area contributed by atoms with Crippen molar-refractivity contribution in [2.75, 3.05) is 19.0 Å². The molecule has 286 valence electrons. The largest absolute Gasteiger partial charge is 0.480 e. The molecule has 3 aromatic carbocycles. The van der Waals surface area contributed by atoms with Gasteiger partial charge in [0.2, 0.25) is 11.8 Å². The SMILES string of the molecule is COc1ncccc1Nc1ncc2c(n1)n([C@@H]1CC[C@@H](O[Si](c3ccccc3)(c3ccccc3)C(C)(C)C)c3ccccc31)c(=O)n2COCC[Si](C)(C)C. The van der Waals surface area contributed by atoms with Crippen LogP contribution in [-0.2, 0) is 15.9 Å². The van der Waals surface area contributed by atoms with E-state index in [4.69, 9.17) is 18.9 Å². The molecule has 12 heteroatoms. The molecule has 0 amide bonds. The molecular formula is C43H52N6O4Si2. The van der Waals surface area contributed by atoms with E-state index in [1.807, 2.05) is 16.7 Å². The fourth-order valence-electron chi connectivity index (χ4n) is 7.85. The van der Waals surface area contributed by atoms with E-state index < -0.39 is 16.4 Å². The van der Waals surface area contributed by atoms with E-state index in [-0.39, 0.29) is 29.6 Å². The van der Waals surface area contributed by atoms with E-state index in [2.05, 4.69) is 141 Å². The van der Waals surface area contributed by atoms with Gasteiger partial charge in [-0.1, -0.05) is 125 Å². The zero-order chi connectivity index (χ0) is 38.8. The van der Waals surface area contributed by atoms with Gasteiger partial charge in [-0.05, 0) is 57.6 Å². The minimum Gasteiger partial charge on any atom is -0.480 e. The van der Waals surface area contributed by atoms with Crippen LogP contribution in [0.3, 0.4) is 0 Å². The second kappa shape index (κ2) is 15.7. The number of hydrogen-bond donors (Lipinski definition) is 1. The smallest absolute Gasteiger partial charge is 0.332 e. The first-order chi connectivity index (χ1) is 26.4. The maximum Gasteiger partial charge on any atom is 0.332 e. The van der Waals surface area contributed by atoms with Crippen molar-refractivity contribution in [1.82, 2.24) is 24.1 Å². The van der Waals surface area contributed by atoms with Crippen molar-refractivity contribution in [3.63, 3.8) is 0 Å². The number of aromatic nitrogens is 5. The molecule has 2 atom stereocenters. The highest BCUT2D eigenvalue weighted by atomic mass is 28.4. The van der Waals surface area contributed by atoms with E-state index >= 15 is 0 Å².